The Labute approximate surface area is 99.0 Å². The predicted molar refractivity (Wildman–Crippen MR) is 66.4 cm³/mol. The first-order valence-corrected chi connectivity index (χ1v) is 6.07. The third kappa shape index (κ3) is 2.49. The van der Waals surface area contributed by atoms with Crippen molar-refractivity contribution in [3.63, 3.8) is 0 Å². The number of pyridine rings is 1. The molecular weight excluding hydrogens is 254 g/mol. The van der Waals surface area contributed by atoms with E-state index < -0.39 is 0 Å². The van der Waals surface area contributed by atoms with E-state index in [-0.39, 0.29) is 0 Å². The first-order chi connectivity index (χ1) is 7.16. The first kappa shape index (κ1) is 10.9. The van der Waals surface area contributed by atoms with Crippen LogP contribution in [0.2, 0.25) is 0 Å². The molecule has 1 aromatic rings. The van der Waals surface area contributed by atoms with Gasteiger partial charge in [0.1, 0.15) is 5.82 Å². The van der Waals surface area contributed by atoms with Crippen molar-refractivity contribution in [2.75, 3.05) is 24.5 Å². The first-order valence-electron chi connectivity index (χ1n) is 5.28. The van der Waals surface area contributed by atoms with E-state index in [2.05, 4.69) is 50.2 Å². The number of aryl methyl sites for hydroxylation is 1. The lowest BCUT2D eigenvalue weighted by Gasteiger charge is -2.32. The highest BCUT2D eigenvalue weighted by molar-refractivity contribution is 9.10. The highest BCUT2D eigenvalue weighted by Gasteiger charge is 2.16. The Balaban J connectivity index is 2.18. The van der Waals surface area contributed by atoms with E-state index >= 15 is 0 Å². The number of nitrogens with one attached hydrogen (secondary N) is 1. The van der Waals surface area contributed by atoms with E-state index in [9.17, 15) is 0 Å². The van der Waals surface area contributed by atoms with Gasteiger partial charge in [-0.3, -0.25) is 0 Å². The molecule has 1 aromatic heterocycles. The number of nitrogens with zero attached hydrogens (tertiary/aromatic N) is 2. The van der Waals surface area contributed by atoms with Crippen LogP contribution in [-0.4, -0.2) is 30.7 Å². The van der Waals surface area contributed by atoms with Gasteiger partial charge in [0.2, 0.25) is 0 Å². The van der Waals surface area contributed by atoms with Gasteiger partial charge in [-0.15, -0.1) is 0 Å². The molecule has 0 spiro atoms. The smallest absolute Gasteiger partial charge is 0.128 e. The second kappa shape index (κ2) is 4.49. The van der Waals surface area contributed by atoms with Gasteiger partial charge in [-0.25, -0.2) is 4.98 Å². The van der Waals surface area contributed by atoms with E-state index in [4.69, 9.17) is 0 Å². The minimum Gasteiger partial charge on any atom is -0.354 e. The van der Waals surface area contributed by atoms with E-state index in [0.29, 0.717) is 6.04 Å². The zero-order valence-corrected chi connectivity index (χ0v) is 10.7. The molecule has 1 fully saturated rings. The zero-order valence-electron chi connectivity index (χ0n) is 9.13. The Bertz CT molecular complexity index is 354. The summed E-state index contributed by atoms with van der Waals surface area (Å²) in [6.07, 6.45) is 0. The molecule has 0 aromatic carbocycles. The standard InChI is InChI=1S/C11H16BrN3/c1-8-7-15(6-5-13-8)11-4-3-10(12)9(2)14-11/h3-4,8,13H,5-7H2,1-2H3. The van der Waals surface area contributed by atoms with Crippen LogP contribution in [0.25, 0.3) is 0 Å². The van der Waals surface area contributed by atoms with Crippen molar-refractivity contribution in [3.05, 3.63) is 22.3 Å². The van der Waals surface area contributed by atoms with Crippen LogP contribution in [-0.2, 0) is 0 Å². The molecule has 1 aliphatic heterocycles. The van der Waals surface area contributed by atoms with Crippen LogP contribution in [0.1, 0.15) is 12.6 Å². The molecule has 0 saturated carbocycles. The van der Waals surface area contributed by atoms with Gasteiger partial charge in [-0.05, 0) is 41.9 Å². The zero-order chi connectivity index (χ0) is 10.8. The number of aromatic nitrogens is 1. The summed E-state index contributed by atoms with van der Waals surface area (Å²) < 4.78 is 1.08. The molecule has 2 rings (SSSR count). The summed E-state index contributed by atoms with van der Waals surface area (Å²) in [7, 11) is 0. The third-order valence-corrected chi connectivity index (χ3v) is 3.54. The number of piperazine rings is 1. The van der Waals surface area contributed by atoms with Crippen molar-refractivity contribution < 1.29 is 0 Å². The van der Waals surface area contributed by atoms with Crippen LogP contribution in [0.4, 0.5) is 5.82 Å². The van der Waals surface area contributed by atoms with Gasteiger partial charge in [-0.2, -0.15) is 0 Å². The monoisotopic (exact) mass is 269 g/mol. The minimum absolute atomic E-state index is 0.546. The summed E-state index contributed by atoms with van der Waals surface area (Å²) in [6.45, 7) is 7.35. The summed E-state index contributed by atoms with van der Waals surface area (Å²) >= 11 is 3.47. The van der Waals surface area contributed by atoms with Gasteiger partial charge in [0.25, 0.3) is 0 Å². The number of anilines is 1. The van der Waals surface area contributed by atoms with Crippen LogP contribution in [0, 0.1) is 6.92 Å². The van der Waals surface area contributed by atoms with Crippen molar-refractivity contribution in [1.29, 1.82) is 0 Å². The normalized spacial score (nSPS) is 21.8. The lowest BCUT2D eigenvalue weighted by molar-refractivity contribution is 0.482. The Hall–Kier alpha value is -0.610. The molecule has 1 N–H and O–H groups in total. The molecule has 15 heavy (non-hydrogen) atoms. The van der Waals surface area contributed by atoms with Crippen LogP contribution in [0.5, 0.6) is 0 Å². The van der Waals surface area contributed by atoms with Gasteiger partial charge in [0.05, 0.1) is 5.69 Å². The van der Waals surface area contributed by atoms with Crippen LogP contribution >= 0.6 is 15.9 Å². The fraction of sp³-hybridized carbons (Fsp3) is 0.545. The van der Waals surface area contributed by atoms with Crippen LogP contribution in [0.15, 0.2) is 16.6 Å². The molecule has 1 unspecified atom stereocenters. The molecule has 2 heterocycles. The lowest BCUT2D eigenvalue weighted by atomic mass is 10.2. The molecule has 0 radical (unpaired) electrons. The van der Waals surface area contributed by atoms with E-state index in [0.717, 1.165) is 35.6 Å². The maximum absolute atomic E-state index is 4.58. The largest absolute Gasteiger partial charge is 0.354 e. The molecule has 82 valence electrons. The number of rotatable bonds is 1. The van der Waals surface area contributed by atoms with Crippen molar-refractivity contribution >= 4 is 21.7 Å². The fourth-order valence-electron chi connectivity index (χ4n) is 1.85. The van der Waals surface area contributed by atoms with E-state index in [1.165, 1.54) is 0 Å². The quantitative estimate of drug-likeness (QED) is 0.845. The predicted octanol–water partition coefficient (Wildman–Crippen LogP) is 1.95. The van der Waals surface area contributed by atoms with Crippen LogP contribution < -0.4 is 10.2 Å². The van der Waals surface area contributed by atoms with Crippen LogP contribution in [0.3, 0.4) is 0 Å². The molecule has 1 atom stereocenters. The average Bonchev–Trinajstić information content (AvgIpc) is 2.22. The summed E-state index contributed by atoms with van der Waals surface area (Å²) in [5.74, 6) is 1.09. The molecule has 1 aliphatic rings. The highest BCUT2D eigenvalue weighted by atomic mass is 79.9. The second-order valence-electron chi connectivity index (χ2n) is 4.04. The Morgan fingerprint density at radius 3 is 3.00 bits per heavy atom. The van der Waals surface area contributed by atoms with Gasteiger partial charge in [0, 0.05) is 30.1 Å². The molecule has 1 saturated heterocycles. The molecule has 4 heteroatoms. The fourth-order valence-corrected chi connectivity index (χ4v) is 2.07. The van der Waals surface area contributed by atoms with Crippen molar-refractivity contribution in [3.8, 4) is 0 Å². The van der Waals surface area contributed by atoms with Gasteiger partial charge in [0.15, 0.2) is 0 Å². The number of hydrogen-bond donors (Lipinski definition) is 1. The summed E-state index contributed by atoms with van der Waals surface area (Å²) in [6, 6.07) is 4.70. The molecule has 0 aliphatic carbocycles. The summed E-state index contributed by atoms with van der Waals surface area (Å²) in [5, 5.41) is 3.43. The van der Waals surface area contributed by atoms with E-state index in [1.54, 1.807) is 0 Å². The van der Waals surface area contributed by atoms with Gasteiger partial charge < -0.3 is 10.2 Å². The van der Waals surface area contributed by atoms with E-state index in [1.807, 2.05) is 6.92 Å². The number of halogens is 1. The van der Waals surface area contributed by atoms with Gasteiger partial charge >= 0.3 is 0 Å². The Morgan fingerprint density at radius 1 is 1.53 bits per heavy atom. The molecular formula is C11H16BrN3. The average molecular weight is 270 g/mol. The minimum atomic E-state index is 0.546. The highest BCUT2D eigenvalue weighted by Crippen LogP contribution is 2.19. The summed E-state index contributed by atoms with van der Waals surface area (Å²) in [5.41, 5.74) is 1.05. The van der Waals surface area contributed by atoms with Crippen molar-refractivity contribution in [2.45, 2.75) is 19.9 Å². The molecule has 3 nitrogen and oxygen atoms in total. The summed E-state index contributed by atoms with van der Waals surface area (Å²) in [4.78, 5) is 6.92. The lowest BCUT2D eigenvalue weighted by Crippen LogP contribution is -2.49. The Morgan fingerprint density at radius 2 is 2.33 bits per heavy atom. The van der Waals surface area contributed by atoms with Gasteiger partial charge in [-0.1, -0.05) is 0 Å². The van der Waals surface area contributed by atoms with Crippen molar-refractivity contribution in [2.24, 2.45) is 0 Å². The molecule has 0 bridgehead atoms. The topological polar surface area (TPSA) is 28.2 Å². The maximum atomic E-state index is 4.58. The third-order valence-electron chi connectivity index (χ3n) is 2.70. The number of hydrogen-bond acceptors (Lipinski definition) is 3. The second-order valence-corrected chi connectivity index (χ2v) is 4.89. The maximum Gasteiger partial charge on any atom is 0.128 e. The van der Waals surface area contributed by atoms with Crippen molar-refractivity contribution in [1.82, 2.24) is 10.3 Å². The molecule has 0 amide bonds. The SMILES string of the molecule is Cc1nc(N2CCNC(C)C2)ccc1Br. The Kier molecular flexibility index (Phi) is 3.26.